The van der Waals surface area contributed by atoms with Gasteiger partial charge in [-0.25, -0.2) is 13.1 Å². The average Bonchev–Trinajstić information content (AvgIpc) is 2.80. The van der Waals surface area contributed by atoms with Crippen LogP contribution in [0.15, 0.2) is 15.4 Å². The summed E-state index contributed by atoms with van der Waals surface area (Å²) in [6.45, 7) is 4.02. The van der Waals surface area contributed by atoms with E-state index in [-0.39, 0.29) is 17.5 Å². The highest BCUT2D eigenvalue weighted by Crippen LogP contribution is 2.28. The highest BCUT2D eigenvalue weighted by Gasteiger charge is 2.28. The van der Waals surface area contributed by atoms with E-state index in [0.29, 0.717) is 17.4 Å². The zero-order chi connectivity index (χ0) is 14.8. The van der Waals surface area contributed by atoms with Crippen LogP contribution in [-0.4, -0.2) is 14.5 Å². The molecule has 1 fully saturated rings. The summed E-state index contributed by atoms with van der Waals surface area (Å²) < 4.78 is 33.0. The lowest BCUT2D eigenvalue weighted by Gasteiger charge is -2.28. The zero-order valence-electron chi connectivity index (χ0n) is 12.2. The van der Waals surface area contributed by atoms with Gasteiger partial charge in [0.25, 0.3) is 0 Å². The smallest absolute Gasteiger partial charge is 0.244 e. The maximum atomic E-state index is 12.4. The van der Waals surface area contributed by atoms with Crippen LogP contribution in [0.2, 0.25) is 0 Å². The van der Waals surface area contributed by atoms with Crippen molar-refractivity contribution in [3.63, 3.8) is 0 Å². The fourth-order valence-electron chi connectivity index (χ4n) is 2.94. The molecule has 0 saturated heterocycles. The molecule has 0 aliphatic heterocycles. The maximum absolute atomic E-state index is 12.4. The van der Waals surface area contributed by atoms with Crippen molar-refractivity contribution in [2.75, 3.05) is 0 Å². The Hall–Kier alpha value is -0.850. The Balaban J connectivity index is 2.12. The van der Waals surface area contributed by atoms with E-state index in [0.717, 1.165) is 25.7 Å². The van der Waals surface area contributed by atoms with Crippen LogP contribution in [-0.2, 0) is 16.6 Å². The molecular weight excluding hydrogens is 276 g/mol. The van der Waals surface area contributed by atoms with E-state index < -0.39 is 10.0 Å². The molecule has 6 heteroatoms. The fourth-order valence-corrected chi connectivity index (χ4v) is 4.43. The molecule has 0 amide bonds. The van der Waals surface area contributed by atoms with Crippen LogP contribution in [0.3, 0.4) is 0 Å². The maximum Gasteiger partial charge on any atom is 0.244 e. The highest BCUT2D eigenvalue weighted by molar-refractivity contribution is 7.89. The molecule has 0 spiro atoms. The summed E-state index contributed by atoms with van der Waals surface area (Å²) in [4.78, 5) is 0.219. The van der Waals surface area contributed by atoms with Crippen molar-refractivity contribution >= 4 is 10.0 Å². The van der Waals surface area contributed by atoms with Gasteiger partial charge in [0.15, 0.2) is 0 Å². The SMILES string of the molecule is CCC1CCCC(NS(=O)(=O)c2cc(CN)oc2C)C1. The van der Waals surface area contributed by atoms with Crippen molar-refractivity contribution in [3.05, 3.63) is 17.6 Å². The Morgan fingerprint density at radius 2 is 2.20 bits per heavy atom. The summed E-state index contributed by atoms with van der Waals surface area (Å²) in [5.74, 6) is 1.53. The third-order valence-corrected chi connectivity index (χ3v) is 5.72. The summed E-state index contributed by atoms with van der Waals surface area (Å²) in [5.41, 5.74) is 5.49. The third-order valence-electron chi connectivity index (χ3n) is 4.10. The van der Waals surface area contributed by atoms with Gasteiger partial charge in [-0.15, -0.1) is 0 Å². The van der Waals surface area contributed by atoms with Crippen molar-refractivity contribution in [1.29, 1.82) is 0 Å². The summed E-state index contributed by atoms with van der Waals surface area (Å²) >= 11 is 0. The molecule has 1 heterocycles. The van der Waals surface area contributed by atoms with Crippen LogP contribution in [0, 0.1) is 12.8 Å². The van der Waals surface area contributed by atoms with Gasteiger partial charge in [0, 0.05) is 12.1 Å². The van der Waals surface area contributed by atoms with Crippen LogP contribution >= 0.6 is 0 Å². The second-order valence-corrected chi connectivity index (χ2v) is 7.28. The van der Waals surface area contributed by atoms with E-state index >= 15 is 0 Å². The minimum absolute atomic E-state index is 0.0364. The first-order chi connectivity index (χ1) is 9.46. The summed E-state index contributed by atoms with van der Waals surface area (Å²) in [5, 5.41) is 0. The van der Waals surface area contributed by atoms with Gasteiger partial charge in [-0.1, -0.05) is 26.2 Å². The van der Waals surface area contributed by atoms with Crippen LogP contribution in [0.25, 0.3) is 0 Å². The minimum atomic E-state index is -3.51. The van der Waals surface area contributed by atoms with Crippen molar-refractivity contribution < 1.29 is 12.8 Å². The van der Waals surface area contributed by atoms with E-state index in [1.807, 2.05) is 0 Å². The van der Waals surface area contributed by atoms with Crippen LogP contribution in [0.5, 0.6) is 0 Å². The van der Waals surface area contributed by atoms with Gasteiger partial charge in [-0.3, -0.25) is 0 Å². The molecule has 2 unspecified atom stereocenters. The number of sulfonamides is 1. The Morgan fingerprint density at radius 1 is 1.45 bits per heavy atom. The van der Waals surface area contributed by atoms with Gasteiger partial charge in [-0.05, 0) is 25.7 Å². The minimum Gasteiger partial charge on any atom is -0.464 e. The summed E-state index contributed by atoms with van der Waals surface area (Å²) in [6.07, 6.45) is 5.24. The summed E-state index contributed by atoms with van der Waals surface area (Å²) in [6, 6.07) is 1.56. The van der Waals surface area contributed by atoms with Crippen LogP contribution in [0.1, 0.15) is 50.5 Å². The van der Waals surface area contributed by atoms with E-state index in [2.05, 4.69) is 11.6 Å². The molecule has 1 saturated carbocycles. The molecule has 1 aromatic heterocycles. The summed E-state index contributed by atoms with van der Waals surface area (Å²) in [7, 11) is -3.51. The van der Waals surface area contributed by atoms with Crippen molar-refractivity contribution in [1.82, 2.24) is 4.72 Å². The number of hydrogen-bond donors (Lipinski definition) is 2. The number of rotatable bonds is 5. The van der Waals surface area contributed by atoms with Gasteiger partial charge in [0.05, 0.1) is 6.54 Å². The molecule has 0 bridgehead atoms. The lowest BCUT2D eigenvalue weighted by atomic mass is 9.85. The molecular formula is C14H24N2O3S. The molecule has 0 radical (unpaired) electrons. The standard InChI is InChI=1S/C14H24N2O3S/c1-3-11-5-4-6-12(7-11)16-20(17,18)14-8-13(9-15)19-10(14)2/h8,11-12,16H,3-7,9,15H2,1-2H3. The Labute approximate surface area is 121 Å². The molecule has 1 aliphatic rings. The zero-order valence-corrected chi connectivity index (χ0v) is 13.0. The van der Waals surface area contributed by atoms with Gasteiger partial charge in [0.2, 0.25) is 10.0 Å². The first-order valence-corrected chi connectivity index (χ1v) is 8.76. The number of furan rings is 1. The number of aryl methyl sites for hydroxylation is 1. The van der Waals surface area contributed by atoms with E-state index in [1.165, 1.54) is 12.5 Å². The molecule has 0 aromatic carbocycles. The number of nitrogens with two attached hydrogens (primary N) is 1. The quantitative estimate of drug-likeness (QED) is 0.873. The van der Waals surface area contributed by atoms with E-state index in [9.17, 15) is 8.42 Å². The highest BCUT2D eigenvalue weighted by atomic mass is 32.2. The molecule has 1 aromatic rings. The molecule has 114 valence electrons. The largest absolute Gasteiger partial charge is 0.464 e. The van der Waals surface area contributed by atoms with Gasteiger partial charge in [-0.2, -0.15) is 0 Å². The lowest BCUT2D eigenvalue weighted by molar-refractivity contribution is 0.301. The van der Waals surface area contributed by atoms with Crippen molar-refractivity contribution in [3.8, 4) is 0 Å². The van der Waals surface area contributed by atoms with Gasteiger partial charge >= 0.3 is 0 Å². The lowest BCUT2D eigenvalue weighted by Crippen LogP contribution is -2.38. The predicted octanol–water partition coefficient (Wildman–Crippen LogP) is 2.29. The molecule has 5 nitrogen and oxygen atoms in total. The third kappa shape index (κ3) is 3.42. The predicted molar refractivity (Wildman–Crippen MR) is 77.7 cm³/mol. The van der Waals surface area contributed by atoms with Gasteiger partial charge < -0.3 is 10.2 Å². The van der Waals surface area contributed by atoms with Gasteiger partial charge in [0.1, 0.15) is 16.4 Å². The number of hydrogen-bond acceptors (Lipinski definition) is 4. The van der Waals surface area contributed by atoms with Crippen molar-refractivity contribution in [2.24, 2.45) is 11.7 Å². The number of nitrogens with one attached hydrogen (secondary N) is 1. The van der Waals surface area contributed by atoms with Crippen LogP contribution < -0.4 is 10.5 Å². The molecule has 2 rings (SSSR count). The molecule has 3 N–H and O–H groups in total. The van der Waals surface area contributed by atoms with Crippen molar-refractivity contribution in [2.45, 2.75) is 63.4 Å². The van der Waals surface area contributed by atoms with Crippen LogP contribution in [0.4, 0.5) is 0 Å². The Bertz CT molecular complexity index is 551. The van der Waals surface area contributed by atoms with E-state index in [4.69, 9.17) is 10.2 Å². The molecule has 20 heavy (non-hydrogen) atoms. The second-order valence-electron chi connectivity index (χ2n) is 5.60. The fraction of sp³-hybridized carbons (Fsp3) is 0.714. The Kier molecular flexibility index (Phi) is 4.88. The van der Waals surface area contributed by atoms with E-state index in [1.54, 1.807) is 6.92 Å². The first-order valence-electron chi connectivity index (χ1n) is 7.28. The first kappa shape index (κ1) is 15.5. The molecule has 2 atom stereocenters. The monoisotopic (exact) mass is 300 g/mol. The topological polar surface area (TPSA) is 85.3 Å². The normalized spacial score (nSPS) is 23.9. The second kappa shape index (κ2) is 6.28. The Morgan fingerprint density at radius 3 is 2.80 bits per heavy atom. The molecule has 1 aliphatic carbocycles. The average molecular weight is 300 g/mol.